The summed E-state index contributed by atoms with van der Waals surface area (Å²) in [7, 11) is 1.75. The Hall–Kier alpha value is -3.46. The van der Waals surface area contributed by atoms with Crippen LogP contribution in [0.25, 0.3) is 0 Å². The molecule has 2 aromatic rings. The molecule has 0 saturated carbocycles. The first-order valence-electron chi connectivity index (χ1n) is 12.0. The first-order valence-corrected chi connectivity index (χ1v) is 12.0. The Morgan fingerprint density at radius 2 is 1.94 bits per heavy atom. The van der Waals surface area contributed by atoms with Crippen molar-refractivity contribution in [3.63, 3.8) is 0 Å². The van der Waals surface area contributed by atoms with Gasteiger partial charge in [-0.05, 0) is 49.4 Å². The minimum Gasteiger partial charge on any atom is -0.491 e. The molecule has 2 aliphatic rings. The van der Waals surface area contributed by atoms with Gasteiger partial charge in [0.15, 0.2) is 5.60 Å². The number of likely N-dealkylation sites (N-methyl/N-ethyl adjacent to an activating group) is 1. The molecule has 2 aliphatic heterocycles. The van der Waals surface area contributed by atoms with Crippen LogP contribution in [0.2, 0.25) is 0 Å². The molecular weight excluding hydrogens is 448 g/mol. The van der Waals surface area contributed by atoms with Gasteiger partial charge in [-0.1, -0.05) is 18.2 Å². The van der Waals surface area contributed by atoms with Crippen LogP contribution >= 0.6 is 0 Å². The Balaban J connectivity index is 1.53. The molecule has 1 aromatic heterocycles. The van der Waals surface area contributed by atoms with Crippen molar-refractivity contribution in [2.24, 2.45) is 0 Å². The molecule has 0 aliphatic carbocycles. The molecule has 1 atom stereocenters. The molecule has 3 heterocycles. The molecule has 9 nitrogen and oxygen atoms in total. The summed E-state index contributed by atoms with van der Waals surface area (Å²) in [5.41, 5.74) is 0.458. The Morgan fingerprint density at radius 3 is 2.77 bits per heavy atom. The maximum Gasteiger partial charge on any atom is 0.256 e. The molecule has 3 amide bonds. The van der Waals surface area contributed by atoms with Gasteiger partial charge in [-0.3, -0.25) is 14.4 Å². The highest BCUT2D eigenvalue weighted by molar-refractivity contribution is 5.97. The first-order chi connectivity index (χ1) is 16.9. The molecule has 9 heteroatoms. The van der Waals surface area contributed by atoms with Crippen molar-refractivity contribution < 1.29 is 23.9 Å². The van der Waals surface area contributed by atoms with E-state index < -0.39 is 5.60 Å². The van der Waals surface area contributed by atoms with E-state index >= 15 is 0 Å². The van der Waals surface area contributed by atoms with E-state index in [1.807, 2.05) is 18.2 Å². The minimum absolute atomic E-state index is 0.138. The summed E-state index contributed by atoms with van der Waals surface area (Å²) in [6, 6.07) is 11.2. The van der Waals surface area contributed by atoms with Crippen molar-refractivity contribution in [2.45, 2.75) is 38.2 Å². The second-order valence-corrected chi connectivity index (χ2v) is 9.07. The lowest BCUT2D eigenvalue weighted by atomic mass is 9.91. The fraction of sp³-hybridized carbons (Fsp3) is 0.462. The van der Waals surface area contributed by atoms with Gasteiger partial charge in [0.25, 0.3) is 11.8 Å². The van der Waals surface area contributed by atoms with Crippen molar-refractivity contribution >= 4 is 23.5 Å². The maximum atomic E-state index is 13.6. The molecule has 1 unspecified atom stereocenters. The monoisotopic (exact) mass is 480 g/mol. The van der Waals surface area contributed by atoms with E-state index in [1.54, 1.807) is 29.0 Å². The predicted molar refractivity (Wildman–Crippen MR) is 130 cm³/mol. The van der Waals surface area contributed by atoms with Gasteiger partial charge in [-0.25, -0.2) is 4.98 Å². The summed E-state index contributed by atoms with van der Waals surface area (Å²) in [6.45, 7) is 3.00. The summed E-state index contributed by atoms with van der Waals surface area (Å²) < 4.78 is 12.1. The Labute approximate surface area is 205 Å². The lowest BCUT2D eigenvalue weighted by Gasteiger charge is -2.43. The van der Waals surface area contributed by atoms with Crippen molar-refractivity contribution in [2.75, 3.05) is 45.2 Å². The van der Waals surface area contributed by atoms with E-state index in [1.165, 1.54) is 13.1 Å². The molecular formula is C26H32N4O5. The van der Waals surface area contributed by atoms with Crippen molar-refractivity contribution in [3.8, 4) is 5.75 Å². The van der Waals surface area contributed by atoms with Crippen LogP contribution in [-0.4, -0.2) is 78.0 Å². The zero-order valence-corrected chi connectivity index (χ0v) is 20.3. The molecule has 1 fully saturated rings. The van der Waals surface area contributed by atoms with Gasteiger partial charge in [-0.15, -0.1) is 0 Å². The van der Waals surface area contributed by atoms with Gasteiger partial charge in [0.1, 0.15) is 18.2 Å². The second-order valence-electron chi connectivity index (χ2n) is 9.07. The maximum absolute atomic E-state index is 13.6. The van der Waals surface area contributed by atoms with Crippen molar-refractivity contribution in [1.82, 2.24) is 14.8 Å². The number of nitrogens with zero attached hydrogens (tertiary/aromatic N) is 3. The number of carbonyl (C=O) groups is 3. The van der Waals surface area contributed by atoms with Crippen LogP contribution in [0.4, 0.5) is 5.82 Å². The molecule has 1 aromatic carbocycles. The van der Waals surface area contributed by atoms with E-state index in [2.05, 4.69) is 16.4 Å². The lowest BCUT2D eigenvalue weighted by Crippen LogP contribution is -2.61. The highest BCUT2D eigenvalue weighted by Crippen LogP contribution is 2.30. The average Bonchev–Trinajstić information content (AvgIpc) is 2.85. The fourth-order valence-corrected chi connectivity index (χ4v) is 4.66. The molecule has 1 saturated heterocycles. The molecule has 1 spiro atoms. The summed E-state index contributed by atoms with van der Waals surface area (Å²) in [6.07, 6.45) is 4.51. The number of carbonyl (C=O) groups excluding carboxylic acids is 3. The molecule has 0 radical (unpaired) electrons. The Morgan fingerprint density at radius 1 is 1.11 bits per heavy atom. The predicted octanol–water partition coefficient (Wildman–Crippen LogP) is 2.52. The number of ether oxygens (including phenoxy) is 2. The van der Waals surface area contributed by atoms with Crippen LogP contribution in [0.5, 0.6) is 5.75 Å². The first kappa shape index (κ1) is 24.7. The van der Waals surface area contributed by atoms with Crippen LogP contribution in [-0.2, 0) is 20.7 Å². The lowest BCUT2D eigenvalue weighted by molar-refractivity contribution is -0.169. The fourth-order valence-electron chi connectivity index (χ4n) is 4.66. The van der Waals surface area contributed by atoms with Gasteiger partial charge in [0.05, 0.1) is 19.7 Å². The molecule has 35 heavy (non-hydrogen) atoms. The minimum atomic E-state index is -1.10. The van der Waals surface area contributed by atoms with Gasteiger partial charge >= 0.3 is 0 Å². The number of fused-ring (bicyclic) bond motifs is 1. The molecule has 0 bridgehead atoms. The van der Waals surface area contributed by atoms with Gasteiger partial charge in [-0.2, -0.15) is 0 Å². The van der Waals surface area contributed by atoms with E-state index in [0.29, 0.717) is 37.5 Å². The van der Waals surface area contributed by atoms with Crippen LogP contribution in [0.15, 0.2) is 42.6 Å². The highest BCUT2D eigenvalue weighted by atomic mass is 16.5. The van der Waals surface area contributed by atoms with E-state index in [9.17, 15) is 14.4 Å². The number of hydrogen-bond donors (Lipinski definition) is 1. The zero-order valence-electron chi connectivity index (χ0n) is 20.3. The van der Waals surface area contributed by atoms with Crippen molar-refractivity contribution in [1.29, 1.82) is 0 Å². The summed E-state index contributed by atoms with van der Waals surface area (Å²) in [5, 5.41) is 2.60. The summed E-state index contributed by atoms with van der Waals surface area (Å²) in [4.78, 5) is 45.7. The zero-order chi connectivity index (χ0) is 24.8. The molecule has 4 rings (SSSR count). The SMILES string of the molecule is CC(=O)Nc1cc(C(=O)N2CCOC3(CCCCc4ccccc4OCCN(C)C3=O)C2)ccn1. The van der Waals surface area contributed by atoms with Crippen LogP contribution in [0, 0.1) is 0 Å². The van der Waals surface area contributed by atoms with Gasteiger partial charge in [0, 0.05) is 32.3 Å². The standard InChI is InChI=1S/C26H32N4O5/c1-19(31)28-23-17-21(10-12-27-23)24(32)30-14-16-35-26(18-30)11-6-5-8-20-7-3-4-9-22(20)34-15-13-29(2)25(26)33/h3-4,7,9-10,12,17H,5-6,8,11,13-16,18H2,1-2H3,(H,27,28,31). The second kappa shape index (κ2) is 10.9. The van der Waals surface area contributed by atoms with E-state index in [0.717, 1.165) is 30.6 Å². The number of benzene rings is 1. The number of aromatic nitrogens is 1. The summed E-state index contributed by atoms with van der Waals surface area (Å²) in [5.74, 6) is 0.557. The van der Waals surface area contributed by atoms with Crippen molar-refractivity contribution in [3.05, 3.63) is 53.7 Å². The van der Waals surface area contributed by atoms with Crippen LogP contribution in [0.3, 0.4) is 0 Å². The highest BCUT2D eigenvalue weighted by Gasteiger charge is 2.46. The smallest absolute Gasteiger partial charge is 0.256 e. The van der Waals surface area contributed by atoms with Crippen LogP contribution < -0.4 is 10.1 Å². The number of rotatable bonds is 2. The number of morpholine rings is 1. The number of anilines is 1. The Kier molecular flexibility index (Phi) is 7.65. The van der Waals surface area contributed by atoms with E-state index in [-0.39, 0.29) is 30.9 Å². The van der Waals surface area contributed by atoms with Crippen LogP contribution in [0.1, 0.15) is 42.1 Å². The normalized spacial score (nSPS) is 21.4. The molecule has 1 N–H and O–H groups in total. The largest absolute Gasteiger partial charge is 0.491 e. The average molecular weight is 481 g/mol. The van der Waals surface area contributed by atoms with Gasteiger partial charge in [0.2, 0.25) is 5.91 Å². The number of hydrogen-bond acceptors (Lipinski definition) is 6. The third kappa shape index (κ3) is 5.79. The number of para-hydroxylation sites is 1. The van der Waals surface area contributed by atoms with E-state index in [4.69, 9.17) is 9.47 Å². The van der Waals surface area contributed by atoms with Gasteiger partial charge < -0.3 is 24.6 Å². The number of pyridine rings is 1. The molecule has 186 valence electrons. The number of nitrogens with one attached hydrogen (secondary N) is 1. The quantitative estimate of drug-likeness (QED) is 0.709. The Bertz CT molecular complexity index is 1090. The topological polar surface area (TPSA) is 101 Å². The third-order valence-electron chi connectivity index (χ3n) is 6.45. The number of aryl methyl sites for hydroxylation is 1. The third-order valence-corrected chi connectivity index (χ3v) is 6.45. The number of amides is 3. The summed E-state index contributed by atoms with van der Waals surface area (Å²) >= 11 is 0.